The van der Waals surface area contributed by atoms with Crippen LogP contribution in [0.25, 0.3) is 0 Å². The summed E-state index contributed by atoms with van der Waals surface area (Å²) in [5.74, 6) is -0.138. The Morgan fingerprint density at radius 3 is 2.50 bits per heavy atom. The Hall–Kier alpha value is -2.05. The number of carbonyl (C=O) groups is 1. The Kier molecular flexibility index (Phi) is 6.78. The van der Waals surface area contributed by atoms with E-state index in [1.807, 2.05) is 0 Å². The topological polar surface area (TPSA) is 155 Å². The SMILES string of the molecule is C=C(CO[C@H]1O[C@@H](CO)[C@H](O)[C@@H](O)[C@@H]1O)[C@H]1Oc2cc(C(C)=O)c(O)cc2[C@@H]1OC. The van der Waals surface area contributed by atoms with Crippen molar-refractivity contribution in [3.05, 3.63) is 35.4 Å². The summed E-state index contributed by atoms with van der Waals surface area (Å²) < 4.78 is 22.2. The van der Waals surface area contributed by atoms with Gasteiger partial charge in [-0.2, -0.15) is 0 Å². The third kappa shape index (κ3) is 4.08. The Morgan fingerprint density at radius 2 is 1.90 bits per heavy atom. The molecular formula is C20H26O10. The highest BCUT2D eigenvalue weighted by Gasteiger charge is 2.44. The molecule has 0 saturated carbocycles. The molecule has 1 saturated heterocycles. The van der Waals surface area contributed by atoms with Crippen molar-refractivity contribution in [2.45, 2.75) is 49.8 Å². The summed E-state index contributed by atoms with van der Waals surface area (Å²) in [4.78, 5) is 11.7. The van der Waals surface area contributed by atoms with Gasteiger partial charge >= 0.3 is 0 Å². The maximum atomic E-state index is 11.7. The highest BCUT2D eigenvalue weighted by atomic mass is 16.7. The lowest BCUT2D eigenvalue weighted by Gasteiger charge is -2.39. The zero-order chi connectivity index (χ0) is 22.2. The molecule has 2 aliphatic rings. The van der Waals surface area contributed by atoms with Crippen LogP contribution >= 0.6 is 0 Å². The number of rotatable bonds is 7. The Morgan fingerprint density at radius 1 is 1.20 bits per heavy atom. The summed E-state index contributed by atoms with van der Waals surface area (Å²) >= 11 is 0. The van der Waals surface area contributed by atoms with Crippen LogP contribution in [0.2, 0.25) is 0 Å². The lowest BCUT2D eigenvalue weighted by molar-refractivity contribution is -0.299. The van der Waals surface area contributed by atoms with Crippen LogP contribution in [0.3, 0.4) is 0 Å². The number of hydrogen-bond acceptors (Lipinski definition) is 10. The fraction of sp³-hybridized carbons (Fsp3) is 0.550. The quantitative estimate of drug-likeness (QED) is 0.282. The average molecular weight is 426 g/mol. The summed E-state index contributed by atoms with van der Waals surface area (Å²) in [5, 5.41) is 49.1. The van der Waals surface area contributed by atoms with Gasteiger partial charge in [0, 0.05) is 12.7 Å². The fourth-order valence-corrected chi connectivity index (χ4v) is 3.58. The van der Waals surface area contributed by atoms with Crippen LogP contribution in [0.15, 0.2) is 24.3 Å². The number of fused-ring (bicyclic) bond motifs is 1. The highest BCUT2D eigenvalue weighted by molar-refractivity contribution is 5.97. The molecule has 30 heavy (non-hydrogen) atoms. The van der Waals surface area contributed by atoms with Crippen LogP contribution in [0.4, 0.5) is 0 Å². The number of ether oxygens (including phenoxy) is 4. The van der Waals surface area contributed by atoms with Crippen molar-refractivity contribution in [3.8, 4) is 11.5 Å². The van der Waals surface area contributed by atoms with Crippen LogP contribution in [0.1, 0.15) is 28.9 Å². The van der Waals surface area contributed by atoms with E-state index >= 15 is 0 Å². The minimum absolute atomic E-state index is 0.118. The van der Waals surface area contributed by atoms with E-state index in [1.165, 1.54) is 26.2 Å². The Balaban J connectivity index is 1.70. The van der Waals surface area contributed by atoms with Crippen LogP contribution in [-0.4, -0.2) is 88.4 Å². The van der Waals surface area contributed by atoms with Gasteiger partial charge in [0.05, 0.1) is 18.8 Å². The van der Waals surface area contributed by atoms with E-state index in [0.717, 1.165) is 0 Å². The predicted octanol–water partition coefficient (Wildman–Crippen LogP) is -0.584. The third-order valence-electron chi connectivity index (χ3n) is 5.28. The highest BCUT2D eigenvalue weighted by Crippen LogP contribution is 2.44. The molecular weight excluding hydrogens is 400 g/mol. The molecule has 166 valence electrons. The second-order valence-electron chi connectivity index (χ2n) is 7.32. The van der Waals surface area contributed by atoms with Gasteiger partial charge in [-0.05, 0) is 24.6 Å². The molecule has 5 N–H and O–H groups in total. The molecule has 0 radical (unpaired) electrons. The molecule has 10 heteroatoms. The molecule has 1 aromatic rings. The standard InChI is InChI=1S/C20H26O10/c1-8(7-28-20-17(26)16(25)15(24)14(6-21)30-20)18-19(27-3)11-4-12(23)10(9(2)22)5-13(11)29-18/h4-5,14-21,23-26H,1,6-7H2,2-3H3/t14-,15-,16+,17-,18+,19-,20-/m0/s1. The van der Waals surface area contributed by atoms with Crippen molar-refractivity contribution < 1.29 is 49.3 Å². The molecule has 1 aromatic carbocycles. The molecule has 3 rings (SSSR count). The van der Waals surface area contributed by atoms with Gasteiger partial charge in [-0.3, -0.25) is 4.79 Å². The first-order valence-corrected chi connectivity index (χ1v) is 9.36. The van der Waals surface area contributed by atoms with Crippen LogP contribution in [-0.2, 0) is 14.2 Å². The van der Waals surface area contributed by atoms with Crippen molar-refractivity contribution in [1.29, 1.82) is 0 Å². The largest absolute Gasteiger partial charge is 0.507 e. The number of methoxy groups -OCH3 is 1. The summed E-state index contributed by atoms with van der Waals surface area (Å²) in [6.45, 7) is 4.52. The molecule has 2 aliphatic heterocycles. The Labute approximate surface area is 172 Å². The first kappa shape index (κ1) is 22.6. The van der Waals surface area contributed by atoms with E-state index in [2.05, 4.69) is 6.58 Å². The van der Waals surface area contributed by atoms with E-state index in [4.69, 9.17) is 18.9 Å². The number of ketones is 1. The molecule has 0 bridgehead atoms. The molecule has 0 amide bonds. The molecule has 2 heterocycles. The normalized spacial score (nSPS) is 33.1. The number of aliphatic hydroxyl groups excluding tert-OH is 4. The summed E-state index contributed by atoms with van der Waals surface area (Å²) in [6.07, 6.45) is -8.31. The lowest BCUT2D eigenvalue weighted by atomic mass is 9.98. The minimum Gasteiger partial charge on any atom is -0.507 e. The van der Waals surface area contributed by atoms with Gasteiger partial charge in [-0.25, -0.2) is 0 Å². The predicted molar refractivity (Wildman–Crippen MR) is 101 cm³/mol. The summed E-state index contributed by atoms with van der Waals surface area (Å²) in [6, 6.07) is 2.84. The molecule has 0 spiro atoms. The molecule has 1 fully saturated rings. The van der Waals surface area contributed by atoms with E-state index in [9.17, 15) is 30.3 Å². The van der Waals surface area contributed by atoms with Gasteiger partial charge in [-0.15, -0.1) is 0 Å². The smallest absolute Gasteiger partial charge is 0.187 e. The zero-order valence-electron chi connectivity index (χ0n) is 16.6. The monoisotopic (exact) mass is 426 g/mol. The number of benzene rings is 1. The van der Waals surface area contributed by atoms with Gasteiger partial charge < -0.3 is 44.5 Å². The van der Waals surface area contributed by atoms with E-state index < -0.39 is 49.5 Å². The first-order chi connectivity index (χ1) is 14.2. The lowest BCUT2D eigenvalue weighted by Crippen LogP contribution is -2.59. The van der Waals surface area contributed by atoms with Gasteiger partial charge in [0.1, 0.15) is 42.0 Å². The number of hydrogen-bond donors (Lipinski definition) is 5. The minimum atomic E-state index is -1.55. The van der Waals surface area contributed by atoms with Crippen molar-refractivity contribution >= 4 is 5.78 Å². The molecule has 0 unspecified atom stereocenters. The first-order valence-electron chi connectivity index (χ1n) is 9.36. The van der Waals surface area contributed by atoms with Crippen LogP contribution in [0.5, 0.6) is 11.5 Å². The van der Waals surface area contributed by atoms with E-state index in [0.29, 0.717) is 16.9 Å². The van der Waals surface area contributed by atoms with Crippen molar-refractivity contribution in [3.63, 3.8) is 0 Å². The van der Waals surface area contributed by atoms with E-state index in [1.54, 1.807) is 0 Å². The number of Topliss-reactive ketones (excluding diaryl/α,β-unsaturated/α-hetero) is 1. The number of aliphatic hydroxyl groups is 4. The van der Waals surface area contributed by atoms with Gasteiger partial charge in [0.25, 0.3) is 0 Å². The van der Waals surface area contributed by atoms with Crippen molar-refractivity contribution in [2.75, 3.05) is 20.3 Å². The zero-order valence-corrected chi connectivity index (χ0v) is 16.6. The average Bonchev–Trinajstić information content (AvgIpc) is 3.08. The van der Waals surface area contributed by atoms with Gasteiger partial charge in [0.2, 0.25) is 0 Å². The maximum absolute atomic E-state index is 11.7. The molecule has 0 aliphatic carbocycles. The molecule has 7 atom stereocenters. The van der Waals surface area contributed by atoms with Crippen molar-refractivity contribution in [1.82, 2.24) is 0 Å². The summed E-state index contributed by atoms with van der Waals surface area (Å²) in [5.41, 5.74) is 1.06. The molecule has 0 aromatic heterocycles. The second-order valence-corrected chi connectivity index (χ2v) is 7.32. The van der Waals surface area contributed by atoms with Gasteiger partial charge in [-0.1, -0.05) is 6.58 Å². The fourth-order valence-electron chi connectivity index (χ4n) is 3.58. The van der Waals surface area contributed by atoms with Crippen LogP contribution in [0, 0.1) is 0 Å². The molecule has 10 nitrogen and oxygen atoms in total. The van der Waals surface area contributed by atoms with E-state index in [-0.39, 0.29) is 23.7 Å². The third-order valence-corrected chi connectivity index (χ3v) is 5.28. The van der Waals surface area contributed by atoms with Crippen molar-refractivity contribution in [2.24, 2.45) is 0 Å². The maximum Gasteiger partial charge on any atom is 0.187 e. The number of carbonyl (C=O) groups excluding carboxylic acids is 1. The van der Waals surface area contributed by atoms with Gasteiger partial charge in [0.15, 0.2) is 18.2 Å². The second kappa shape index (κ2) is 8.98. The number of phenolic OH excluding ortho intramolecular Hbond substituents is 1. The van der Waals surface area contributed by atoms with Crippen LogP contribution < -0.4 is 4.74 Å². The number of aromatic hydroxyl groups is 1. The summed E-state index contributed by atoms with van der Waals surface area (Å²) in [7, 11) is 1.46. The number of phenols is 1. The Bertz CT molecular complexity index is 807.